The van der Waals surface area contributed by atoms with Crippen molar-refractivity contribution in [3.05, 3.63) is 23.9 Å². The molecular weight excluding hydrogens is 210 g/mol. The average Bonchev–Trinajstić information content (AvgIpc) is 3.11. The van der Waals surface area contributed by atoms with Crippen LogP contribution >= 0.6 is 0 Å². The van der Waals surface area contributed by atoms with Gasteiger partial charge in [0.05, 0.1) is 0 Å². The van der Waals surface area contributed by atoms with E-state index >= 15 is 0 Å². The van der Waals surface area contributed by atoms with Gasteiger partial charge in [0.15, 0.2) is 0 Å². The van der Waals surface area contributed by atoms with Gasteiger partial charge in [0.2, 0.25) is 0 Å². The molecule has 0 aliphatic heterocycles. The molecule has 0 saturated heterocycles. The highest BCUT2D eigenvalue weighted by atomic mass is 15.2. The molecule has 3 nitrogen and oxygen atoms in total. The maximum absolute atomic E-state index is 5.54. The lowest BCUT2D eigenvalue weighted by Gasteiger charge is -2.28. The molecule has 1 aromatic heterocycles. The fourth-order valence-corrected chi connectivity index (χ4v) is 2.05. The molecule has 1 aliphatic rings. The predicted molar refractivity (Wildman–Crippen MR) is 72.2 cm³/mol. The topological polar surface area (TPSA) is 42.1 Å². The summed E-state index contributed by atoms with van der Waals surface area (Å²) in [7, 11) is 0. The van der Waals surface area contributed by atoms with E-state index < -0.39 is 0 Å². The highest BCUT2D eigenvalue weighted by Crippen LogP contribution is 2.31. The van der Waals surface area contributed by atoms with E-state index in [-0.39, 0.29) is 0 Å². The van der Waals surface area contributed by atoms with E-state index in [0.29, 0.717) is 12.6 Å². The van der Waals surface area contributed by atoms with Gasteiger partial charge in [0, 0.05) is 18.8 Å². The molecule has 0 amide bonds. The van der Waals surface area contributed by atoms with Crippen molar-refractivity contribution in [2.45, 2.75) is 39.2 Å². The SMILES string of the molecule is CC(C)N(CC1CC1)c1ccc(CCN)cn1. The molecule has 17 heavy (non-hydrogen) atoms. The van der Waals surface area contributed by atoms with Gasteiger partial charge in [-0.25, -0.2) is 4.98 Å². The van der Waals surface area contributed by atoms with Gasteiger partial charge in [-0.05, 0) is 57.2 Å². The molecule has 2 N–H and O–H groups in total. The molecule has 0 radical (unpaired) electrons. The van der Waals surface area contributed by atoms with Gasteiger partial charge in [0.25, 0.3) is 0 Å². The van der Waals surface area contributed by atoms with Crippen molar-refractivity contribution < 1.29 is 0 Å². The third-order valence-electron chi connectivity index (χ3n) is 3.31. The van der Waals surface area contributed by atoms with Crippen molar-refractivity contribution in [3.8, 4) is 0 Å². The second-order valence-corrected chi connectivity index (χ2v) is 5.25. The molecule has 2 rings (SSSR count). The lowest BCUT2D eigenvalue weighted by Crippen LogP contribution is -2.33. The van der Waals surface area contributed by atoms with Gasteiger partial charge < -0.3 is 10.6 Å². The van der Waals surface area contributed by atoms with E-state index in [0.717, 1.165) is 24.7 Å². The van der Waals surface area contributed by atoms with Crippen LogP contribution in [0.5, 0.6) is 0 Å². The number of pyridine rings is 1. The average molecular weight is 233 g/mol. The molecule has 1 saturated carbocycles. The lowest BCUT2D eigenvalue weighted by molar-refractivity contribution is 0.636. The van der Waals surface area contributed by atoms with Crippen LogP contribution in [0.3, 0.4) is 0 Å². The molecule has 0 bridgehead atoms. The number of rotatable bonds is 6. The van der Waals surface area contributed by atoms with Crippen LogP contribution in [0.4, 0.5) is 5.82 Å². The minimum absolute atomic E-state index is 0.517. The van der Waals surface area contributed by atoms with Crippen molar-refractivity contribution in [1.82, 2.24) is 4.98 Å². The number of aromatic nitrogens is 1. The summed E-state index contributed by atoms with van der Waals surface area (Å²) in [6.07, 6.45) is 5.64. The number of nitrogens with two attached hydrogens (primary N) is 1. The van der Waals surface area contributed by atoms with E-state index in [1.54, 1.807) is 0 Å². The maximum atomic E-state index is 5.54. The zero-order chi connectivity index (χ0) is 12.3. The van der Waals surface area contributed by atoms with Crippen LogP contribution < -0.4 is 10.6 Å². The Morgan fingerprint density at radius 2 is 2.18 bits per heavy atom. The Morgan fingerprint density at radius 1 is 1.41 bits per heavy atom. The summed E-state index contributed by atoms with van der Waals surface area (Å²) in [5.41, 5.74) is 6.77. The molecule has 0 spiro atoms. The van der Waals surface area contributed by atoms with E-state index in [4.69, 9.17) is 5.73 Å². The zero-order valence-electron chi connectivity index (χ0n) is 10.9. The van der Waals surface area contributed by atoms with Crippen LogP contribution in [0.15, 0.2) is 18.3 Å². The summed E-state index contributed by atoms with van der Waals surface area (Å²) in [5.74, 6) is 2.00. The van der Waals surface area contributed by atoms with Crippen molar-refractivity contribution in [2.24, 2.45) is 11.7 Å². The Bertz CT molecular complexity index is 341. The van der Waals surface area contributed by atoms with Gasteiger partial charge in [-0.15, -0.1) is 0 Å². The van der Waals surface area contributed by atoms with Crippen LogP contribution in [0, 0.1) is 5.92 Å². The Morgan fingerprint density at radius 3 is 2.65 bits per heavy atom. The number of hydrogen-bond acceptors (Lipinski definition) is 3. The molecule has 0 atom stereocenters. The molecule has 1 aromatic rings. The standard InChI is InChI=1S/C14H23N3/c1-11(2)17(10-13-3-4-13)14-6-5-12(7-8-15)9-16-14/h5-6,9,11,13H,3-4,7-8,10,15H2,1-2H3. The van der Waals surface area contributed by atoms with E-state index in [9.17, 15) is 0 Å². The second-order valence-electron chi connectivity index (χ2n) is 5.25. The molecule has 94 valence electrons. The first-order valence-electron chi connectivity index (χ1n) is 6.62. The number of nitrogens with zero attached hydrogens (tertiary/aromatic N) is 2. The number of anilines is 1. The summed E-state index contributed by atoms with van der Waals surface area (Å²) in [6.45, 7) is 6.31. The largest absolute Gasteiger partial charge is 0.354 e. The fraction of sp³-hybridized carbons (Fsp3) is 0.643. The Kier molecular flexibility index (Phi) is 4.00. The summed E-state index contributed by atoms with van der Waals surface area (Å²) < 4.78 is 0. The van der Waals surface area contributed by atoms with Crippen LogP contribution in [0.25, 0.3) is 0 Å². The lowest BCUT2D eigenvalue weighted by atomic mass is 10.2. The van der Waals surface area contributed by atoms with Gasteiger partial charge in [-0.1, -0.05) is 6.07 Å². The molecule has 3 heteroatoms. The first-order chi connectivity index (χ1) is 8.20. The summed E-state index contributed by atoms with van der Waals surface area (Å²) in [4.78, 5) is 6.98. The highest BCUT2D eigenvalue weighted by molar-refractivity contribution is 5.40. The van der Waals surface area contributed by atoms with Crippen molar-refractivity contribution in [3.63, 3.8) is 0 Å². The van der Waals surface area contributed by atoms with Crippen LogP contribution in [-0.2, 0) is 6.42 Å². The minimum Gasteiger partial charge on any atom is -0.354 e. The quantitative estimate of drug-likeness (QED) is 0.819. The van der Waals surface area contributed by atoms with Gasteiger partial charge in [-0.3, -0.25) is 0 Å². The highest BCUT2D eigenvalue weighted by Gasteiger charge is 2.26. The summed E-state index contributed by atoms with van der Waals surface area (Å²) in [6, 6.07) is 4.80. The number of hydrogen-bond donors (Lipinski definition) is 1. The summed E-state index contributed by atoms with van der Waals surface area (Å²) >= 11 is 0. The zero-order valence-corrected chi connectivity index (χ0v) is 10.9. The van der Waals surface area contributed by atoms with Crippen LogP contribution in [0.1, 0.15) is 32.3 Å². The van der Waals surface area contributed by atoms with Crippen LogP contribution in [-0.4, -0.2) is 24.1 Å². The fourth-order valence-electron chi connectivity index (χ4n) is 2.05. The molecule has 0 unspecified atom stereocenters. The Labute approximate surface area is 104 Å². The molecular formula is C14H23N3. The van der Waals surface area contributed by atoms with Crippen molar-refractivity contribution in [2.75, 3.05) is 18.0 Å². The first-order valence-corrected chi connectivity index (χ1v) is 6.62. The van der Waals surface area contributed by atoms with Crippen molar-refractivity contribution >= 4 is 5.82 Å². The molecule has 1 heterocycles. The third-order valence-corrected chi connectivity index (χ3v) is 3.31. The minimum atomic E-state index is 0.517. The third kappa shape index (κ3) is 3.43. The Hall–Kier alpha value is -1.09. The van der Waals surface area contributed by atoms with Gasteiger partial charge in [-0.2, -0.15) is 0 Å². The maximum Gasteiger partial charge on any atom is 0.128 e. The van der Waals surface area contributed by atoms with Gasteiger partial charge in [0.1, 0.15) is 5.82 Å². The predicted octanol–water partition coefficient (Wildman–Crippen LogP) is 2.21. The van der Waals surface area contributed by atoms with E-state index in [1.165, 1.54) is 18.4 Å². The normalized spacial score (nSPS) is 15.3. The van der Waals surface area contributed by atoms with Crippen molar-refractivity contribution in [1.29, 1.82) is 0 Å². The van der Waals surface area contributed by atoms with Crippen LogP contribution in [0.2, 0.25) is 0 Å². The molecule has 1 aliphatic carbocycles. The molecule has 0 aromatic carbocycles. The van der Waals surface area contributed by atoms with E-state index in [2.05, 4.69) is 35.9 Å². The van der Waals surface area contributed by atoms with Gasteiger partial charge >= 0.3 is 0 Å². The molecule has 1 fully saturated rings. The Balaban J connectivity index is 2.06. The summed E-state index contributed by atoms with van der Waals surface area (Å²) in [5, 5.41) is 0. The smallest absolute Gasteiger partial charge is 0.128 e. The first kappa shape index (κ1) is 12.4. The van der Waals surface area contributed by atoms with E-state index in [1.807, 2.05) is 6.20 Å². The monoisotopic (exact) mass is 233 g/mol. The second kappa shape index (κ2) is 5.50.